The maximum atomic E-state index is 14.4. The molecule has 2 saturated heterocycles. The Morgan fingerprint density at radius 2 is 1.86 bits per heavy atom. The van der Waals surface area contributed by atoms with E-state index in [0.717, 1.165) is 38.2 Å². The number of piperazine rings is 1. The van der Waals surface area contributed by atoms with Gasteiger partial charge < -0.3 is 25.6 Å². The van der Waals surface area contributed by atoms with Crippen LogP contribution in [0.3, 0.4) is 0 Å². The van der Waals surface area contributed by atoms with Crippen molar-refractivity contribution in [3.05, 3.63) is 83.4 Å². The first kappa shape index (κ1) is 32.9. The van der Waals surface area contributed by atoms with Gasteiger partial charge in [0.25, 0.3) is 0 Å². The molecule has 0 saturated carbocycles. The number of fused-ring (bicyclic) bond motifs is 2. The van der Waals surface area contributed by atoms with Gasteiger partial charge in [-0.2, -0.15) is 10.2 Å². The molecule has 2 atom stereocenters. The number of benzene rings is 3. The molecule has 0 bridgehead atoms. The van der Waals surface area contributed by atoms with Gasteiger partial charge in [0, 0.05) is 31.1 Å². The number of ether oxygens (including phenoxy) is 1. The number of H-pyrrole nitrogens is 1. The first-order chi connectivity index (χ1) is 24.2. The summed E-state index contributed by atoms with van der Waals surface area (Å²) in [5, 5.41) is 21.0. The third-order valence-corrected chi connectivity index (χ3v) is 9.86. The zero-order valence-corrected chi connectivity index (χ0v) is 28.6. The summed E-state index contributed by atoms with van der Waals surface area (Å²) in [4.78, 5) is 50.1. The van der Waals surface area contributed by atoms with Gasteiger partial charge in [0.15, 0.2) is 5.13 Å². The van der Waals surface area contributed by atoms with Crippen molar-refractivity contribution in [2.45, 2.75) is 51.6 Å². The molecule has 16 heteroatoms. The second kappa shape index (κ2) is 13.7. The maximum Gasteiger partial charge on any atom is 0.332 e. The molecule has 4 N–H and O–H groups in total. The predicted octanol–water partition coefficient (Wildman–Crippen LogP) is 3.03. The van der Waals surface area contributed by atoms with Crippen LogP contribution in [0, 0.1) is 0 Å². The number of amides is 4. The van der Waals surface area contributed by atoms with Gasteiger partial charge in [0.2, 0.25) is 17.6 Å². The number of urea groups is 1. The smallest absolute Gasteiger partial charge is 0.332 e. The molecule has 50 heavy (non-hydrogen) atoms. The molecule has 7 rings (SSSR count). The molecular weight excluding hydrogens is 659 g/mol. The van der Waals surface area contributed by atoms with E-state index in [2.05, 4.69) is 30.9 Å². The van der Waals surface area contributed by atoms with Crippen molar-refractivity contribution in [1.82, 2.24) is 50.7 Å². The first-order valence-electron chi connectivity index (χ1n) is 16.2. The summed E-state index contributed by atoms with van der Waals surface area (Å²) in [6.45, 7) is 4.51. The molecule has 5 aromatic rings. The average molecular weight is 696 g/mol. The Morgan fingerprint density at radius 3 is 2.56 bits per heavy atom. The lowest BCUT2D eigenvalue weighted by molar-refractivity contribution is -0.158. The predicted molar refractivity (Wildman–Crippen MR) is 186 cm³/mol. The zero-order chi connectivity index (χ0) is 34.9. The van der Waals surface area contributed by atoms with Crippen LogP contribution in [-0.2, 0) is 29.1 Å². The van der Waals surface area contributed by atoms with Crippen molar-refractivity contribution in [3.8, 4) is 17.1 Å². The minimum absolute atomic E-state index is 0.0502. The highest BCUT2D eigenvalue weighted by Crippen LogP contribution is 2.33. The SMILES string of the molecule is COc1ccc(CNC(=O)N(C(C)C)N2CC(=O)N3[C@@H](Cc4ccc(-c5nn[nH]n5)cc4)C(=O)N(Cc4cccc5sc(N)nc45)C[C@@H]32)cc1. The molecule has 0 spiro atoms. The fourth-order valence-electron chi connectivity index (χ4n) is 6.67. The van der Waals surface area contributed by atoms with E-state index in [9.17, 15) is 14.4 Å². The normalized spacial score (nSPS) is 17.8. The molecule has 0 unspecified atom stereocenters. The number of anilines is 1. The van der Waals surface area contributed by atoms with Crippen LogP contribution < -0.4 is 15.8 Å². The van der Waals surface area contributed by atoms with Crippen LogP contribution in [-0.4, -0.2) is 102 Å². The highest BCUT2D eigenvalue weighted by atomic mass is 32.1. The van der Waals surface area contributed by atoms with E-state index < -0.39 is 12.2 Å². The second-order valence-electron chi connectivity index (χ2n) is 12.5. The number of aromatic amines is 1. The Morgan fingerprint density at radius 1 is 1.10 bits per heavy atom. The Balaban J connectivity index is 1.18. The van der Waals surface area contributed by atoms with E-state index in [1.165, 1.54) is 11.3 Å². The number of hydrogen-bond donors (Lipinski definition) is 3. The number of carbonyl (C=O) groups excluding carboxylic acids is 3. The number of nitrogens with two attached hydrogens (primary N) is 1. The zero-order valence-electron chi connectivity index (χ0n) is 27.8. The average Bonchev–Trinajstić information content (AvgIpc) is 3.86. The molecule has 4 heterocycles. The molecule has 3 aromatic carbocycles. The summed E-state index contributed by atoms with van der Waals surface area (Å²) in [7, 11) is 1.60. The summed E-state index contributed by atoms with van der Waals surface area (Å²) in [6, 6.07) is 19.4. The lowest BCUT2D eigenvalue weighted by Gasteiger charge is -2.47. The Hall–Kier alpha value is -5.61. The van der Waals surface area contributed by atoms with Crippen LogP contribution in [0.15, 0.2) is 66.7 Å². The molecule has 2 aliphatic rings. The van der Waals surface area contributed by atoms with E-state index in [0.29, 0.717) is 11.0 Å². The Bertz CT molecular complexity index is 2000. The van der Waals surface area contributed by atoms with Crippen molar-refractivity contribution in [1.29, 1.82) is 0 Å². The minimum atomic E-state index is -0.807. The van der Waals surface area contributed by atoms with Crippen molar-refractivity contribution in [2.24, 2.45) is 0 Å². The van der Waals surface area contributed by atoms with Gasteiger partial charge >= 0.3 is 6.03 Å². The van der Waals surface area contributed by atoms with Crippen molar-refractivity contribution < 1.29 is 19.1 Å². The van der Waals surface area contributed by atoms with Crippen molar-refractivity contribution in [2.75, 3.05) is 25.9 Å². The Kier molecular flexibility index (Phi) is 9.03. The topological polar surface area (TPSA) is 179 Å². The third kappa shape index (κ3) is 6.42. The number of hydrogen-bond acceptors (Lipinski definition) is 11. The number of nitrogen functional groups attached to an aromatic ring is 1. The number of para-hydroxylation sites is 1. The quantitative estimate of drug-likeness (QED) is 0.197. The van der Waals surface area contributed by atoms with Crippen molar-refractivity contribution in [3.63, 3.8) is 0 Å². The summed E-state index contributed by atoms with van der Waals surface area (Å²) in [5.41, 5.74) is 10.2. The van der Waals surface area contributed by atoms with Gasteiger partial charge in [-0.3, -0.25) is 14.6 Å². The lowest BCUT2D eigenvalue weighted by atomic mass is 9.99. The van der Waals surface area contributed by atoms with Gasteiger partial charge in [-0.1, -0.05) is 59.9 Å². The van der Waals surface area contributed by atoms with Crippen LogP contribution in [0.4, 0.5) is 9.93 Å². The van der Waals surface area contributed by atoms with Crippen LogP contribution in [0.1, 0.15) is 30.5 Å². The minimum Gasteiger partial charge on any atom is -0.497 e. The van der Waals surface area contributed by atoms with Gasteiger partial charge in [0.1, 0.15) is 18.0 Å². The Labute approximate surface area is 292 Å². The molecule has 2 aromatic heterocycles. The molecule has 15 nitrogen and oxygen atoms in total. The van der Waals surface area contributed by atoms with E-state index >= 15 is 0 Å². The van der Waals surface area contributed by atoms with E-state index in [-0.39, 0.29) is 56.5 Å². The monoisotopic (exact) mass is 695 g/mol. The number of thiazole rings is 1. The van der Waals surface area contributed by atoms with Gasteiger partial charge in [0.05, 0.1) is 30.4 Å². The summed E-state index contributed by atoms with van der Waals surface area (Å²) in [5.74, 6) is 0.777. The van der Waals surface area contributed by atoms with Crippen LogP contribution in [0.25, 0.3) is 21.6 Å². The third-order valence-electron chi connectivity index (χ3n) is 9.01. The molecule has 2 aliphatic heterocycles. The number of aromatic nitrogens is 5. The summed E-state index contributed by atoms with van der Waals surface area (Å²) < 4.78 is 6.18. The van der Waals surface area contributed by atoms with E-state index in [1.807, 2.05) is 80.6 Å². The maximum absolute atomic E-state index is 14.4. The van der Waals surface area contributed by atoms with Gasteiger partial charge in [-0.15, -0.1) is 10.2 Å². The molecule has 4 amide bonds. The molecular formula is C34H37N11O4S. The van der Waals surface area contributed by atoms with E-state index in [1.54, 1.807) is 26.9 Å². The standard InChI is InChI=1S/C34H37N11O4S/c1-20(2)45(34(48)36-16-22-9-13-25(49-3)14-10-22)43-19-29(46)44-26(15-21-7-11-23(12-8-21)31-38-40-41-39-31)32(47)42(18-28(43)44)17-24-5-4-6-27-30(24)37-33(35)50-27/h4-14,20,26,28H,15-19H2,1-3H3,(H2,35,37)(H,36,48)(H,38,39,40,41)/t26-,28+/m0/s1. The number of hydrazine groups is 1. The number of nitrogens with one attached hydrogen (secondary N) is 2. The fraction of sp³-hybridized carbons (Fsp3) is 0.324. The lowest BCUT2D eigenvalue weighted by Crippen LogP contribution is -2.66. The summed E-state index contributed by atoms with van der Waals surface area (Å²) >= 11 is 1.39. The first-order valence-corrected chi connectivity index (χ1v) is 17.0. The molecule has 2 fully saturated rings. The fourth-order valence-corrected chi connectivity index (χ4v) is 7.45. The second-order valence-corrected chi connectivity index (χ2v) is 13.6. The number of tetrazole rings is 1. The highest BCUT2D eigenvalue weighted by molar-refractivity contribution is 7.22. The number of nitrogens with zero attached hydrogens (tertiary/aromatic N) is 8. The van der Waals surface area contributed by atoms with E-state index in [4.69, 9.17) is 10.5 Å². The number of methoxy groups -OCH3 is 1. The summed E-state index contributed by atoms with van der Waals surface area (Å²) in [6.07, 6.45) is -0.311. The number of rotatable bonds is 10. The van der Waals surface area contributed by atoms with Crippen LogP contribution >= 0.6 is 11.3 Å². The largest absolute Gasteiger partial charge is 0.497 e. The van der Waals surface area contributed by atoms with Gasteiger partial charge in [-0.05, 0) is 54.0 Å². The molecule has 0 aliphatic carbocycles. The molecule has 0 radical (unpaired) electrons. The van der Waals surface area contributed by atoms with Crippen LogP contribution in [0.2, 0.25) is 0 Å². The molecule has 258 valence electrons. The van der Waals surface area contributed by atoms with Crippen molar-refractivity contribution >= 4 is 44.5 Å². The highest BCUT2D eigenvalue weighted by Gasteiger charge is 2.52. The van der Waals surface area contributed by atoms with Crippen LogP contribution in [0.5, 0.6) is 5.75 Å². The number of carbonyl (C=O) groups is 3. The van der Waals surface area contributed by atoms with Gasteiger partial charge in [-0.25, -0.2) is 9.78 Å².